The maximum Gasteiger partial charge on any atom is 0.269 e. The molecule has 2 N–H and O–H groups in total. The Labute approximate surface area is 170 Å². The Morgan fingerprint density at radius 3 is 2.76 bits per heavy atom. The predicted molar refractivity (Wildman–Crippen MR) is 107 cm³/mol. The number of benzene rings is 1. The van der Waals surface area contributed by atoms with E-state index in [0.29, 0.717) is 24.8 Å². The molecular weight excluding hydrogens is 373 g/mol. The molecule has 156 valence electrons. The number of halogens is 1. The molecule has 2 aromatic rings. The average Bonchev–Trinajstić information content (AvgIpc) is 3.15. The van der Waals surface area contributed by atoms with Gasteiger partial charge in [0.15, 0.2) is 5.78 Å². The van der Waals surface area contributed by atoms with Crippen LogP contribution in [-0.4, -0.2) is 38.7 Å². The Morgan fingerprint density at radius 2 is 2.10 bits per heavy atom. The third-order valence-corrected chi connectivity index (χ3v) is 5.73. The highest BCUT2D eigenvalue weighted by atomic mass is 19.1. The normalized spacial score (nSPS) is 22.9. The summed E-state index contributed by atoms with van der Waals surface area (Å²) in [6.45, 7) is 5.53. The first-order chi connectivity index (χ1) is 13.8. The van der Waals surface area contributed by atoms with Crippen LogP contribution in [0.1, 0.15) is 79.0 Å². The number of hydrogen-bond acceptors (Lipinski definition) is 4. The fourth-order valence-corrected chi connectivity index (χ4v) is 3.85. The molecule has 6 nitrogen and oxygen atoms in total. The molecule has 1 heterocycles. The first kappa shape index (κ1) is 21.2. The van der Waals surface area contributed by atoms with E-state index >= 15 is 0 Å². The molecule has 1 saturated carbocycles. The van der Waals surface area contributed by atoms with Crippen molar-refractivity contribution < 1.29 is 19.1 Å². The number of aliphatic hydroxyl groups excluding tert-OH is 1. The lowest BCUT2D eigenvalue weighted by Gasteiger charge is -2.31. The maximum absolute atomic E-state index is 13.7. The third-order valence-electron chi connectivity index (χ3n) is 5.73. The zero-order chi connectivity index (χ0) is 21.1. The van der Waals surface area contributed by atoms with Crippen LogP contribution in [-0.2, 0) is 0 Å². The van der Waals surface area contributed by atoms with E-state index in [-0.39, 0.29) is 53.4 Å². The molecule has 7 heteroatoms. The molecule has 1 fully saturated rings. The molecule has 4 atom stereocenters. The van der Waals surface area contributed by atoms with Crippen LogP contribution >= 0.6 is 0 Å². The van der Waals surface area contributed by atoms with Gasteiger partial charge in [0.2, 0.25) is 0 Å². The minimum atomic E-state index is -0.419. The smallest absolute Gasteiger partial charge is 0.269 e. The highest BCUT2D eigenvalue weighted by Crippen LogP contribution is 2.25. The molecule has 1 amide bonds. The molecule has 0 saturated heterocycles. The van der Waals surface area contributed by atoms with Gasteiger partial charge in [0, 0.05) is 18.5 Å². The fourth-order valence-electron chi connectivity index (χ4n) is 3.85. The van der Waals surface area contributed by atoms with Crippen LogP contribution in [0.2, 0.25) is 0 Å². The summed E-state index contributed by atoms with van der Waals surface area (Å²) in [6.07, 6.45) is 1.98. The van der Waals surface area contributed by atoms with Gasteiger partial charge in [-0.15, -0.1) is 0 Å². The fraction of sp³-hybridized carbons (Fsp3) is 0.500. The minimum absolute atomic E-state index is 0.0425. The van der Waals surface area contributed by atoms with Crippen LogP contribution in [0.5, 0.6) is 0 Å². The molecule has 0 aliphatic heterocycles. The van der Waals surface area contributed by atoms with Gasteiger partial charge < -0.3 is 10.4 Å². The van der Waals surface area contributed by atoms with E-state index in [4.69, 9.17) is 0 Å². The number of Topliss-reactive ketones (excluding diaryl/α,β-unsaturated/α-hetero) is 1. The van der Waals surface area contributed by atoms with E-state index in [1.54, 1.807) is 19.1 Å². The van der Waals surface area contributed by atoms with Gasteiger partial charge in [-0.3, -0.25) is 14.3 Å². The quantitative estimate of drug-likeness (QED) is 0.726. The van der Waals surface area contributed by atoms with Crippen molar-refractivity contribution in [1.29, 1.82) is 0 Å². The van der Waals surface area contributed by atoms with E-state index in [1.165, 1.54) is 22.9 Å². The standard InChI is InChI=1S/C22H28FN3O3/c1-4-20(27)18-12-19(22(29)24-17-8-9-21(28)13(2)10-17)26(25-18)14(3)15-6-5-7-16(23)11-15/h5-7,11-14,17,21,28H,4,8-10H2,1-3H3,(H,24,29)/t13-,14-,17-,21-/m0/s1. The molecule has 3 rings (SSSR count). The van der Waals surface area contributed by atoms with E-state index in [9.17, 15) is 19.1 Å². The van der Waals surface area contributed by atoms with Crippen molar-refractivity contribution in [3.05, 3.63) is 53.1 Å². The summed E-state index contributed by atoms with van der Waals surface area (Å²) in [6, 6.07) is 7.19. The Kier molecular flexibility index (Phi) is 6.47. The highest BCUT2D eigenvalue weighted by molar-refractivity contribution is 5.98. The lowest BCUT2D eigenvalue weighted by molar-refractivity contribution is 0.0612. The number of carbonyl (C=O) groups excluding carboxylic acids is 2. The lowest BCUT2D eigenvalue weighted by atomic mass is 9.84. The van der Waals surface area contributed by atoms with Crippen LogP contribution in [0.4, 0.5) is 4.39 Å². The second-order valence-corrected chi connectivity index (χ2v) is 7.90. The lowest BCUT2D eigenvalue weighted by Crippen LogP contribution is -2.42. The molecular formula is C22H28FN3O3. The van der Waals surface area contributed by atoms with Gasteiger partial charge in [0.1, 0.15) is 17.2 Å². The number of ketones is 1. The summed E-state index contributed by atoms with van der Waals surface area (Å²) in [4.78, 5) is 25.2. The number of hydrogen-bond donors (Lipinski definition) is 2. The van der Waals surface area contributed by atoms with Gasteiger partial charge in [-0.25, -0.2) is 4.39 Å². The summed E-state index contributed by atoms with van der Waals surface area (Å²) >= 11 is 0. The molecule has 0 unspecified atom stereocenters. The summed E-state index contributed by atoms with van der Waals surface area (Å²) < 4.78 is 15.2. The summed E-state index contributed by atoms with van der Waals surface area (Å²) in [5.41, 5.74) is 1.16. The van der Waals surface area contributed by atoms with E-state index in [0.717, 1.165) is 0 Å². The summed E-state index contributed by atoms with van der Waals surface area (Å²) in [7, 11) is 0. The number of nitrogens with one attached hydrogen (secondary N) is 1. The van der Waals surface area contributed by atoms with E-state index in [2.05, 4.69) is 10.4 Å². The number of aliphatic hydroxyl groups is 1. The van der Waals surface area contributed by atoms with Gasteiger partial charge in [-0.2, -0.15) is 5.10 Å². The summed E-state index contributed by atoms with van der Waals surface area (Å²) in [5.74, 6) is -0.724. The van der Waals surface area contributed by atoms with Gasteiger partial charge in [0.05, 0.1) is 12.1 Å². The third kappa shape index (κ3) is 4.72. The van der Waals surface area contributed by atoms with Crippen molar-refractivity contribution in [3.8, 4) is 0 Å². The molecule has 0 bridgehead atoms. The van der Waals surface area contributed by atoms with Gasteiger partial charge in [-0.1, -0.05) is 26.0 Å². The summed E-state index contributed by atoms with van der Waals surface area (Å²) in [5, 5.41) is 17.3. The van der Waals surface area contributed by atoms with Crippen LogP contribution < -0.4 is 5.32 Å². The second kappa shape index (κ2) is 8.86. The predicted octanol–water partition coefficient (Wildman–Crippen LogP) is 3.50. The molecule has 29 heavy (non-hydrogen) atoms. The zero-order valence-corrected chi connectivity index (χ0v) is 17.1. The van der Waals surface area contributed by atoms with Crippen LogP contribution in [0.15, 0.2) is 30.3 Å². The first-order valence-corrected chi connectivity index (χ1v) is 10.2. The van der Waals surface area contributed by atoms with Crippen LogP contribution in [0.25, 0.3) is 0 Å². The van der Waals surface area contributed by atoms with E-state index < -0.39 is 6.04 Å². The second-order valence-electron chi connectivity index (χ2n) is 7.90. The van der Waals surface area contributed by atoms with Crippen molar-refractivity contribution in [2.75, 3.05) is 0 Å². The number of amides is 1. The molecule has 1 aliphatic rings. The average molecular weight is 401 g/mol. The zero-order valence-electron chi connectivity index (χ0n) is 17.1. The van der Waals surface area contributed by atoms with Crippen molar-refractivity contribution >= 4 is 11.7 Å². The number of carbonyl (C=O) groups is 2. The maximum atomic E-state index is 13.7. The molecule has 0 radical (unpaired) electrons. The van der Waals surface area contributed by atoms with Crippen molar-refractivity contribution in [1.82, 2.24) is 15.1 Å². The largest absolute Gasteiger partial charge is 0.393 e. The number of nitrogens with zero attached hydrogens (tertiary/aromatic N) is 2. The van der Waals surface area contributed by atoms with Gasteiger partial charge >= 0.3 is 0 Å². The van der Waals surface area contributed by atoms with E-state index in [1.807, 2.05) is 13.8 Å². The topological polar surface area (TPSA) is 84.2 Å². The Bertz CT molecular complexity index is 895. The van der Waals surface area contributed by atoms with Gasteiger partial charge in [-0.05, 0) is 49.8 Å². The molecule has 1 aromatic carbocycles. The Hall–Kier alpha value is -2.54. The van der Waals surface area contributed by atoms with Crippen molar-refractivity contribution in [2.24, 2.45) is 5.92 Å². The molecule has 0 spiro atoms. The monoisotopic (exact) mass is 401 g/mol. The molecule has 1 aromatic heterocycles. The first-order valence-electron chi connectivity index (χ1n) is 10.2. The van der Waals surface area contributed by atoms with Crippen LogP contribution in [0.3, 0.4) is 0 Å². The number of aromatic nitrogens is 2. The van der Waals surface area contributed by atoms with Crippen molar-refractivity contribution in [3.63, 3.8) is 0 Å². The van der Waals surface area contributed by atoms with Gasteiger partial charge in [0.25, 0.3) is 5.91 Å². The highest BCUT2D eigenvalue weighted by Gasteiger charge is 2.29. The number of rotatable bonds is 6. The SMILES string of the molecule is CCC(=O)c1cc(C(=O)N[C@H]2CC[C@H](O)[C@@H](C)C2)n([C@@H](C)c2cccc(F)c2)n1. The Morgan fingerprint density at radius 1 is 1.34 bits per heavy atom. The Balaban J connectivity index is 1.89. The minimum Gasteiger partial charge on any atom is -0.393 e. The van der Waals surface area contributed by atoms with Crippen molar-refractivity contribution in [2.45, 2.75) is 64.6 Å². The molecule has 1 aliphatic carbocycles. The van der Waals surface area contributed by atoms with Crippen LogP contribution in [0, 0.1) is 11.7 Å².